The van der Waals surface area contributed by atoms with Crippen molar-refractivity contribution in [3.05, 3.63) is 23.8 Å². The molecule has 0 aromatic heterocycles. The van der Waals surface area contributed by atoms with Gasteiger partial charge in [0.2, 0.25) is 12.7 Å². The van der Waals surface area contributed by atoms with Crippen molar-refractivity contribution in [3.63, 3.8) is 0 Å². The number of fused-ring (bicyclic) bond motifs is 3. The van der Waals surface area contributed by atoms with Crippen LogP contribution in [0.4, 0.5) is 0 Å². The summed E-state index contributed by atoms with van der Waals surface area (Å²) < 4.78 is 11.1. The Morgan fingerprint density at radius 2 is 1.92 bits per heavy atom. The fourth-order valence-corrected chi connectivity index (χ4v) is 5.50. The molecule has 6 heteroatoms. The molecule has 0 N–H and O–H groups in total. The third-order valence-corrected chi connectivity index (χ3v) is 6.59. The summed E-state index contributed by atoms with van der Waals surface area (Å²) in [7, 11) is 3.94. The first-order chi connectivity index (χ1) is 12.6. The third-order valence-electron chi connectivity index (χ3n) is 6.59. The van der Waals surface area contributed by atoms with E-state index in [1.807, 2.05) is 25.1 Å². The van der Waals surface area contributed by atoms with Crippen LogP contribution >= 0.6 is 0 Å². The van der Waals surface area contributed by atoms with Gasteiger partial charge in [-0.05, 0) is 63.6 Å². The van der Waals surface area contributed by atoms with Gasteiger partial charge in [-0.3, -0.25) is 9.69 Å². The maximum atomic E-state index is 13.0. The topological polar surface area (TPSA) is 45.3 Å². The number of nitrogens with zero attached hydrogens (tertiary/aromatic N) is 3. The van der Waals surface area contributed by atoms with E-state index in [1.54, 1.807) is 0 Å². The number of benzene rings is 1. The van der Waals surface area contributed by atoms with Crippen LogP contribution < -0.4 is 9.47 Å². The van der Waals surface area contributed by atoms with E-state index in [4.69, 9.17) is 9.47 Å². The van der Waals surface area contributed by atoms with Crippen molar-refractivity contribution in [2.75, 3.05) is 47.1 Å². The second-order valence-corrected chi connectivity index (χ2v) is 8.36. The molecule has 6 rings (SSSR count). The number of hydrogen-bond donors (Lipinski definition) is 0. The molecule has 0 radical (unpaired) electrons. The van der Waals surface area contributed by atoms with Crippen LogP contribution in [0.25, 0.3) is 0 Å². The lowest BCUT2D eigenvalue weighted by molar-refractivity contribution is -0.136. The average molecular weight is 357 g/mol. The smallest absolute Gasteiger partial charge is 0.237 e. The molecule has 2 bridgehead atoms. The zero-order valence-corrected chi connectivity index (χ0v) is 15.6. The Hall–Kier alpha value is -1.79. The number of carbonyl (C=O) groups is 1. The molecule has 5 aliphatic heterocycles. The Morgan fingerprint density at radius 3 is 2.69 bits per heavy atom. The van der Waals surface area contributed by atoms with Gasteiger partial charge in [-0.25, -0.2) is 0 Å². The standard InChI is InChI=1S/C20H27N3O3/c1-21(2)11-18(24)23-10-15(14-3-4-16-17(9-14)26-12-25-16)20-19(23)13-5-7-22(20)8-6-13/h3-4,9,13,15,19-20H,5-8,10-12H2,1-2H3/t15-,19+,20+/m0/s1. The molecule has 1 aromatic carbocycles. The zero-order chi connectivity index (χ0) is 17.8. The molecule has 4 fully saturated rings. The fourth-order valence-electron chi connectivity index (χ4n) is 5.50. The molecule has 5 aliphatic rings. The van der Waals surface area contributed by atoms with E-state index < -0.39 is 0 Å². The molecule has 6 nitrogen and oxygen atoms in total. The maximum Gasteiger partial charge on any atom is 0.237 e. The lowest BCUT2D eigenvalue weighted by atomic mass is 9.75. The van der Waals surface area contributed by atoms with E-state index in [9.17, 15) is 4.79 Å². The summed E-state index contributed by atoms with van der Waals surface area (Å²) in [6, 6.07) is 7.12. The summed E-state index contributed by atoms with van der Waals surface area (Å²) in [5.41, 5.74) is 1.27. The third kappa shape index (κ3) is 2.50. The van der Waals surface area contributed by atoms with Crippen LogP contribution in [0.5, 0.6) is 11.5 Å². The molecule has 0 unspecified atom stereocenters. The van der Waals surface area contributed by atoms with Gasteiger partial charge < -0.3 is 19.3 Å². The van der Waals surface area contributed by atoms with Crippen molar-refractivity contribution >= 4 is 5.91 Å². The molecule has 4 saturated heterocycles. The van der Waals surface area contributed by atoms with Crippen molar-refractivity contribution in [1.29, 1.82) is 0 Å². The lowest BCUT2D eigenvalue weighted by Gasteiger charge is -2.51. The van der Waals surface area contributed by atoms with Gasteiger partial charge in [0.1, 0.15) is 0 Å². The number of likely N-dealkylation sites (N-methyl/N-ethyl adjacent to an activating group) is 1. The minimum Gasteiger partial charge on any atom is -0.454 e. The molecule has 1 aromatic rings. The van der Waals surface area contributed by atoms with Gasteiger partial charge in [0.05, 0.1) is 12.6 Å². The monoisotopic (exact) mass is 357 g/mol. The van der Waals surface area contributed by atoms with Gasteiger partial charge >= 0.3 is 0 Å². The largest absolute Gasteiger partial charge is 0.454 e. The minimum atomic E-state index is 0.266. The summed E-state index contributed by atoms with van der Waals surface area (Å²) in [6.45, 7) is 3.95. The van der Waals surface area contributed by atoms with Gasteiger partial charge in [0.15, 0.2) is 11.5 Å². The van der Waals surface area contributed by atoms with Gasteiger partial charge in [0, 0.05) is 18.5 Å². The fraction of sp³-hybridized carbons (Fsp3) is 0.650. The van der Waals surface area contributed by atoms with E-state index in [2.05, 4.69) is 21.9 Å². The molecule has 0 saturated carbocycles. The summed E-state index contributed by atoms with van der Waals surface area (Å²) in [4.78, 5) is 19.8. The molecule has 140 valence electrons. The van der Waals surface area contributed by atoms with Gasteiger partial charge in [-0.15, -0.1) is 0 Å². The van der Waals surface area contributed by atoms with Crippen LogP contribution in [0.15, 0.2) is 18.2 Å². The van der Waals surface area contributed by atoms with Crippen LogP contribution in [-0.2, 0) is 4.79 Å². The van der Waals surface area contributed by atoms with Gasteiger partial charge in [-0.1, -0.05) is 6.07 Å². The summed E-state index contributed by atoms with van der Waals surface area (Å²) >= 11 is 0. The maximum absolute atomic E-state index is 13.0. The minimum absolute atomic E-state index is 0.266. The second-order valence-electron chi connectivity index (χ2n) is 8.36. The number of hydrogen-bond acceptors (Lipinski definition) is 5. The molecule has 1 amide bonds. The molecular weight excluding hydrogens is 330 g/mol. The van der Waals surface area contributed by atoms with Crippen LogP contribution in [0.2, 0.25) is 0 Å². The molecule has 3 atom stereocenters. The highest BCUT2D eigenvalue weighted by molar-refractivity contribution is 5.79. The number of rotatable bonds is 3. The highest BCUT2D eigenvalue weighted by Crippen LogP contribution is 2.47. The number of piperidine rings is 3. The highest BCUT2D eigenvalue weighted by Gasteiger charge is 2.54. The number of ether oxygens (including phenoxy) is 2. The van der Waals surface area contributed by atoms with Crippen molar-refractivity contribution in [1.82, 2.24) is 14.7 Å². The SMILES string of the molecule is CN(C)CC(=O)N1C[C@@H](c2ccc3c(c2)OCO3)[C@@H]2[C@H]1C1CCN2CC1. The Morgan fingerprint density at radius 1 is 1.15 bits per heavy atom. The van der Waals surface area contributed by atoms with Crippen LogP contribution in [0.3, 0.4) is 0 Å². The first kappa shape index (κ1) is 16.4. The normalized spacial score (nSPS) is 34.4. The quantitative estimate of drug-likeness (QED) is 0.818. The van der Waals surface area contributed by atoms with E-state index in [0.29, 0.717) is 37.3 Å². The average Bonchev–Trinajstić information content (AvgIpc) is 3.27. The first-order valence-corrected chi connectivity index (χ1v) is 9.69. The first-order valence-electron chi connectivity index (χ1n) is 9.69. The lowest BCUT2D eigenvalue weighted by Crippen LogP contribution is -2.61. The number of amides is 1. The van der Waals surface area contributed by atoms with Gasteiger partial charge in [0.25, 0.3) is 0 Å². The highest BCUT2D eigenvalue weighted by atomic mass is 16.7. The van der Waals surface area contributed by atoms with Crippen molar-refractivity contribution in [2.45, 2.75) is 30.8 Å². The predicted octanol–water partition coefficient (Wildman–Crippen LogP) is 1.37. The number of likely N-dealkylation sites (tertiary alicyclic amines) is 1. The Labute approximate surface area is 154 Å². The Kier molecular flexibility index (Phi) is 3.87. The van der Waals surface area contributed by atoms with E-state index in [-0.39, 0.29) is 5.91 Å². The van der Waals surface area contributed by atoms with Gasteiger partial charge in [-0.2, -0.15) is 0 Å². The summed E-state index contributed by atoms with van der Waals surface area (Å²) in [6.07, 6.45) is 2.45. The van der Waals surface area contributed by atoms with Crippen molar-refractivity contribution in [2.24, 2.45) is 5.92 Å². The molecule has 0 aliphatic carbocycles. The zero-order valence-electron chi connectivity index (χ0n) is 15.6. The van der Waals surface area contributed by atoms with Crippen molar-refractivity contribution < 1.29 is 14.3 Å². The molecule has 0 spiro atoms. The van der Waals surface area contributed by atoms with E-state index in [1.165, 1.54) is 31.5 Å². The van der Waals surface area contributed by atoms with Crippen LogP contribution in [0.1, 0.15) is 24.3 Å². The number of carbonyl (C=O) groups excluding carboxylic acids is 1. The van der Waals surface area contributed by atoms with Crippen LogP contribution in [0, 0.1) is 5.92 Å². The Balaban J connectivity index is 1.49. The summed E-state index contributed by atoms with van der Waals surface area (Å²) in [5.74, 6) is 2.93. The molecule has 26 heavy (non-hydrogen) atoms. The van der Waals surface area contributed by atoms with Crippen LogP contribution in [-0.4, -0.2) is 79.8 Å². The molecular formula is C20H27N3O3. The Bertz CT molecular complexity index is 714. The predicted molar refractivity (Wildman–Crippen MR) is 97.4 cm³/mol. The molecule has 5 heterocycles. The van der Waals surface area contributed by atoms with Crippen molar-refractivity contribution in [3.8, 4) is 11.5 Å². The summed E-state index contributed by atoms with van der Waals surface area (Å²) in [5, 5.41) is 0. The second kappa shape index (κ2) is 6.13. The van der Waals surface area contributed by atoms with E-state index in [0.717, 1.165) is 18.0 Å². The van der Waals surface area contributed by atoms with E-state index >= 15 is 0 Å².